The highest BCUT2D eigenvalue weighted by Crippen LogP contribution is 2.16. The zero-order valence-electron chi connectivity index (χ0n) is 13.7. The van der Waals surface area contributed by atoms with Gasteiger partial charge in [-0.2, -0.15) is 0 Å². The minimum atomic E-state index is -0.189. The molecule has 0 saturated carbocycles. The molecular weight excluding hydrogens is 302 g/mol. The maximum atomic E-state index is 11.9. The second-order valence-electron chi connectivity index (χ2n) is 4.95. The Kier molecular flexibility index (Phi) is 6.65. The molecule has 124 valence electrons. The second-order valence-corrected chi connectivity index (χ2v) is 4.95. The van der Waals surface area contributed by atoms with Crippen LogP contribution in [0.2, 0.25) is 0 Å². The number of amides is 1. The predicted octanol–water partition coefficient (Wildman–Crippen LogP) is 4.30. The summed E-state index contributed by atoms with van der Waals surface area (Å²) in [4.78, 5) is 11.9. The van der Waals surface area contributed by atoms with Gasteiger partial charge in [0.15, 0.2) is 0 Å². The molecule has 1 amide bonds. The molecule has 0 aromatic heterocycles. The molecule has 0 saturated heterocycles. The number of benzene rings is 2. The van der Waals surface area contributed by atoms with Crippen molar-refractivity contribution in [2.45, 2.75) is 6.92 Å². The summed E-state index contributed by atoms with van der Waals surface area (Å²) in [5, 5.41) is 2.80. The van der Waals surface area contributed by atoms with Crippen LogP contribution in [0.15, 0.2) is 67.3 Å². The van der Waals surface area contributed by atoms with Crippen molar-refractivity contribution in [2.75, 3.05) is 18.5 Å². The Morgan fingerprint density at radius 2 is 1.67 bits per heavy atom. The first kappa shape index (κ1) is 17.3. The first-order chi connectivity index (χ1) is 11.7. The van der Waals surface area contributed by atoms with Gasteiger partial charge in [-0.05, 0) is 55.0 Å². The van der Waals surface area contributed by atoms with E-state index in [4.69, 9.17) is 9.47 Å². The lowest BCUT2D eigenvalue weighted by Crippen LogP contribution is -2.07. The van der Waals surface area contributed by atoms with E-state index in [1.807, 2.05) is 55.5 Å². The summed E-state index contributed by atoms with van der Waals surface area (Å²) < 4.78 is 10.8. The van der Waals surface area contributed by atoms with Gasteiger partial charge in [-0.25, -0.2) is 0 Å². The zero-order chi connectivity index (χ0) is 17.2. The number of ether oxygens (including phenoxy) is 2. The first-order valence-electron chi connectivity index (χ1n) is 7.77. The molecule has 0 aliphatic rings. The summed E-state index contributed by atoms with van der Waals surface area (Å²) in [6.07, 6.45) is 4.94. The molecule has 24 heavy (non-hydrogen) atoms. The van der Waals surface area contributed by atoms with Crippen molar-refractivity contribution in [1.29, 1.82) is 0 Å². The number of nitrogens with one attached hydrogen (secondary N) is 1. The van der Waals surface area contributed by atoms with Gasteiger partial charge >= 0.3 is 0 Å². The maximum absolute atomic E-state index is 11.9. The largest absolute Gasteiger partial charge is 0.494 e. The standard InChI is InChI=1S/C20H21NO3/c1-3-15-24-19-10-5-16(6-11-19)7-14-20(22)21-17-8-12-18(13-9-17)23-4-2/h3,5-14H,1,4,15H2,2H3,(H,21,22)/b14-7+. The van der Waals surface area contributed by atoms with E-state index in [1.165, 1.54) is 6.08 Å². The molecule has 0 atom stereocenters. The van der Waals surface area contributed by atoms with Crippen molar-refractivity contribution in [3.63, 3.8) is 0 Å². The number of rotatable bonds is 8. The van der Waals surface area contributed by atoms with Crippen molar-refractivity contribution >= 4 is 17.7 Å². The lowest BCUT2D eigenvalue weighted by atomic mass is 10.2. The Hall–Kier alpha value is -3.01. The van der Waals surface area contributed by atoms with Crippen LogP contribution < -0.4 is 14.8 Å². The molecule has 0 unspecified atom stereocenters. The van der Waals surface area contributed by atoms with Gasteiger partial charge in [0.25, 0.3) is 0 Å². The SMILES string of the molecule is C=CCOc1ccc(/C=C/C(=O)Nc2ccc(OCC)cc2)cc1. The molecule has 0 spiro atoms. The topological polar surface area (TPSA) is 47.6 Å². The summed E-state index contributed by atoms with van der Waals surface area (Å²) in [7, 11) is 0. The van der Waals surface area contributed by atoms with Crippen molar-refractivity contribution in [3.8, 4) is 11.5 Å². The molecule has 2 aromatic rings. The summed E-state index contributed by atoms with van der Waals surface area (Å²) >= 11 is 0. The Labute approximate surface area is 142 Å². The minimum Gasteiger partial charge on any atom is -0.494 e. The Morgan fingerprint density at radius 3 is 2.29 bits per heavy atom. The number of hydrogen-bond acceptors (Lipinski definition) is 3. The van der Waals surface area contributed by atoms with Crippen molar-refractivity contribution in [3.05, 3.63) is 72.8 Å². The van der Waals surface area contributed by atoms with Gasteiger partial charge < -0.3 is 14.8 Å². The van der Waals surface area contributed by atoms with Gasteiger partial charge in [0.2, 0.25) is 5.91 Å². The van der Waals surface area contributed by atoms with Crippen LogP contribution in [0.1, 0.15) is 12.5 Å². The number of hydrogen-bond donors (Lipinski definition) is 1. The number of carbonyl (C=O) groups is 1. The van der Waals surface area contributed by atoms with Crippen molar-refractivity contribution in [1.82, 2.24) is 0 Å². The predicted molar refractivity (Wildman–Crippen MR) is 97.4 cm³/mol. The summed E-state index contributed by atoms with van der Waals surface area (Å²) in [6, 6.07) is 14.7. The van der Waals surface area contributed by atoms with Gasteiger partial charge in [0, 0.05) is 11.8 Å². The van der Waals surface area contributed by atoms with Crippen LogP contribution in [0.3, 0.4) is 0 Å². The molecular formula is C20H21NO3. The van der Waals surface area contributed by atoms with Crippen LogP contribution in [0.4, 0.5) is 5.69 Å². The van der Waals surface area contributed by atoms with Crippen LogP contribution in [0.5, 0.6) is 11.5 Å². The molecule has 0 radical (unpaired) electrons. The van der Waals surface area contributed by atoms with E-state index in [-0.39, 0.29) is 5.91 Å². The second kappa shape index (κ2) is 9.20. The Bertz CT molecular complexity index is 688. The van der Waals surface area contributed by atoms with E-state index < -0.39 is 0 Å². The van der Waals surface area contributed by atoms with Gasteiger partial charge in [-0.15, -0.1) is 0 Å². The molecule has 0 aliphatic carbocycles. The fourth-order valence-electron chi connectivity index (χ4n) is 1.99. The summed E-state index contributed by atoms with van der Waals surface area (Å²) in [6.45, 7) is 6.62. The third-order valence-corrected chi connectivity index (χ3v) is 3.11. The first-order valence-corrected chi connectivity index (χ1v) is 7.77. The van der Waals surface area contributed by atoms with Crippen molar-refractivity contribution < 1.29 is 14.3 Å². The maximum Gasteiger partial charge on any atom is 0.248 e. The smallest absolute Gasteiger partial charge is 0.248 e. The molecule has 0 fully saturated rings. The summed E-state index contributed by atoms with van der Waals surface area (Å²) in [5.41, 5.74) is 1.64. The van der Waals surface area contributed by atoms with E-state index in [1.54, 1.807) is 12.2 Å². The highest BCUT2D eigenvalue weighted by molar-refractivity contribution is 6.01. The van der Waals surface area contributed by atoms with E-state index >= 15 is 0 Å². The van der Waals surface area contributed by atoms with E-state index in [0.29, 0.717) is 13.2 Å². The quantitative estimate of drug-likeness (QED) is 0.582. The Balaban J connectivity index is 1.88. The van der Waals surface area contributed by atoms with Gasteiger partial charge in [0.05, 0.1) is 6.61 Å². The molecule has 1 N–H and O–H groups in total. The third kappa shape index (κ3) is 5.65. The Morgan fingerprint density at radius 1 is 1.04 bits per heavy atom. The molecule has 4 heteroatoms. The van der Waals surface area contributed by atoms with Gasteiger partial charge in [0.1, 0.15) is 18.1 Å². The van der Waals surface area contributed by atoms with Crippen LogP contribution in [0.25, 0.3) is 6.08 Å². The molecule has 0 heterocycles. The van der Waals surface area contributed by atoms with Gasteiger partial charge in [-0.3, -0.25) is 4.79 Å². The van der Waals surface area contributed by atoms with Crippen molar-refractivity contribution in [2.24, 2.45) is 0 Å². The molecule has 4 nitrogen and oxygen atoms in total. The van der Waals surface area contributed by atoms with Crippen LogP contribution in [-0.2, 0) is 4.79 Å². The van der Waals surface area contributed by atoms with Crippen LogP contribution in [0, 0.1) is 0 Å². The van der Waals surface area contributed by atoms with Crippen LogP contribution in [-0.4, -0.2) is 19.1 Å². The molecule has 2 aromatic carbocycles. The third-order valence-electron chi connectivity index (χ3n) is 3.11. The summed E-state index contributed by atoms with van der Waals surface area (Å²) in [5.74, 6) is 1.36. The number of carbonyl (C=O) groups excluding carboxylic acids is 1. The highest BCUT2D eigenvalue weighted by Gasteiger charge is 1.99. The average molecular weight is 323 g/mol. The molecule has 2 rings (SSSR count). The average Bonchev–Trinajstić information content (AvgIpc) is 2.61. The molecule has 0 bridgehead atoms. The normalized spacial score (nSPS) is 10.4. The van der Waals surface area contributed by atoms with E-state index in [0.717, 1.165) is 22.7 Å². The van der Waals surface area contributed by atoms with E-state index in [9.17, 15) is 4.79 Å². The molecule has 0 aliphatic heterocycles. The van der Waals surface area contributed by atoms with Gasteiger partial charge in [-0.1, -0.05) is 24.8 Å². The fourth-order valence-corrected chi connectivity index (χ4v) is 1.99. The van der Waals surface area contributed by atoms with E-state index in [2.05, 4.69) is 11.9 Å². The number of anilines is 1. The monoisotopic (exact) mass is 323 g/mol. The lowest BCUT2D eigenvalue weighted by Gasteiger charge is -2.05. The zero-order valence-corrected chi connectivity index (χ0v) is 13.7. The van der Waals surface area contributed by atoms with Crippen LogP contribution >= 0.6 is 0 Å². The fraction of sp³-hybridized carbons (Fsp3) is 0.150. The lowest BCUT2D eigenvalue weighted by molar-refractivity contribution is -0.111. The highest BCUT2D eigenvalue weighted by atomic mass is 16.5. The minimum absolute atomic E-state index is 0.189.